The van der Waals surface area contributed by atoms with Crippen molar-refractivity contribution in [1.29, 1.82) is 0 Å². The van der Waals surface area contributed by atoms with Gasteiger partial charge in [-0.15, -0.1) is 0 Å². The molecule has 0 saturated heterocycles. The van der Waals surface area contributed by atoms with Crippen LogP contribution in [0.15, 0.2) is 0 Å². The minimum absolute atomic E-state index is 0.00874. The van der Waals surface area contributed by atoms with E-state index in [1.807, 2.05) is 0 Å². The second-order valence-corrected chi connectivity index (χ2v) is 3.82. The highest BCUT2D eigenvalue weighted by atomic mass is 16.3. The van der Waals surface area contributed by atoms with E-state index in [1.165, 1.54) is 13.0 Å². The minimum Gasteiger partial charge on any atom is -0.393 e. The summed E-state index contributed by atoms with van der Waals surface area (Å²) in [5.41, 5.74) is 0. The van der Waals surface area contributed by atoms with Gasteiger partial charge in [0, 0.05) is 6.54 Å². The maximum Gasteiger partial charge on any atom is 0.0543 e. The van der Waals surface area contributed by atoms with Crippen molar-refractivity contribution in [2.24, 2.45) is 5.92 Å². The van der Waals surface area contributed by atoms with Crippen molar-refractivity contribution in [3.05, 3.63) is 0 Å². The van der Waals surface area contributed by atoms with E-state index in [9.17, 15) is 5.11 Å². The molecule has 0 spiro atoms. The van der Waals surface area contributed by atoms with Crippen LogP contribution in [0.4, 0.5) is 0 Å². The molecule has 0 aromatic heterocycles. The fourth-order valence-corrected chi connectivity index (χ4v) is 2.06. The molecule has 0 aromatic carbocycles. The van der Waals surface area contributed by atoms with Crippen molar-refractivity contribution >= 4 is 0 Å². The predicted molar refractivity (Wildman–Crippen MR) is 51.1 cm³/mol. The summed E-state index contributed by atoms with van der Waals surface area (Å²) < 4.78 is 0. The number of hydrogen-bond acceptors (Lipinski definition) is 2. The van der Waals surface area contributed by atoms with Crippen LogP contribution in [0.1, 0.15) is 33.1 Å². The van der Waals surface area contributed by atoms with Crippen LogP contribution in [0.5, 0.6) is 0 Å². The molecule has 0 bridgehead atoms. The van der Waals surface area contributed by atoms with Gasteiger partial charge in [0.2, 0.25) is 0 Å². The molecule has 0 radical (unpaired) electrons. The fraction of sp³-hybridized carbons (Fsp3) is 1.00. The molecular weight excluding hydrogens is 150 g/mol. The zero-order chi connectivity index (χ0) is 8.97. The van der Waals surface area contributed by atoms with E-state index < -0.39 is 0 Å². The molecule has 1 aliphatic rings. The summed E-state index contributed by atoms with van der Waals surface area (Å²) in [5.74, 6) is 0.750. The Morgan fingerprint density at radius 3 is 2.33 bits per heavy atom. The molecule has 1 fully saturated rings. The second kappa shape index (κ2) is 4.83. The Labute approximate surface area is 75.6 Å². The Morgan fingerprint density at radius 1 is 1.25 bits per heavy atom. The third kappa shape index (κ3) is 2.76. The van der Waals surface area contributed by atoms with Crippen molar-refractivity contribution in [2.75, 3.05) is 19.6 Å². The molecule has 0 aromatic rings. The van der Waals surface area contributed by atoms with Crippen LogP contribution < -0.4 is 0 Å². The number of aliphatic hydroxyl groups excluding tert-OH is 1. The lowest BCUT2D eigenvalue weighted by Gasteiger charge is -2.21. The summed E-state index contributed by atoms with van der Waals surface area (Å²) in [6.45, 7) is 7.88. The van der Waals surface area contributed by atoms with E-state index >= 15 is 0 Å². The molecule has 1 aliphatic carbocycles. The van der Waals surface area contributed by atoms with E-state index in [1.54, 1.807) is 0 Å². The van der Waals surface area contributed by atoms with Gasteiger partial charge in [0.25, 0.3) is 0 Å². The molecule has 2 unspecified atom stereocenters. The van der Waals surface area contributed by atoms with Crippen molar-refractivity contribution in [1.82, 2.24) is 4.90 Å². The van der Waals surface area contributed by atoms with Crippen LogP contribution in [0.3, 0.4) is 0 Å². The van der Waals surface area contributed by atoms with Crippen molar-refractivity contribution in [3.63, 3.8) is 0 Å². The first kappa shape index (κ1) is 10.0. The first-order valence-electron chi connectivity index (χ1n) is 5.16. The van der Waals surface area contributed by atoms with Gasteiger partial charge in [-0.25, -0.2) is 0 Å². The van der Waals surface area contributed by atoms with Crippen LogP contribution in [-0.2, 0) is 0 Å². The quantitative estimate of drug-likeness (QED) is 0.692. The highest BCUT2D eigenvalue weighted by Crippen LogP contribution is 2.25. The number of hydrogen-bond donors (Lipinski definition) is 1. The minimum atomic E-state index is -0.00874. The maximum atomic E-state index is 9.34. The van der Waals surface area contributed by atoms with Crippen molar-refractivity contribution in [3.8, 4) is 0 Å². The topological polar surface area (TPSA) is 23.5 Å². The Balaban J connectivity index is 2.21. The van der Waals surface area contributed by atoms with Gasteiger partial charge >= 0.3 is 0 Å². The summed E-state index contributed by atoms with van der Waals surface area (Å²) in [6.07, 6.45) is 3.26. The Bertz CT molecular complexity index is 123. The van der Waals surface area contributed by atoms with Crippen LogP contribution in [-0.4, -0.2) is 35.7 Å². The normalized spacial score (nSPS) is 30.0. The smallest absolute Gasteiger partial charge is 0.0543 e. The van der Waals surface area contributed by atoms with Crippen LogP contribution in [0, 0.1) is 5.92 Å². The molecular formula is C10H21NO. The lowest BCUT2D eigenvalue weighted by atomic mass is 10.1. The zero-order valence-corrected chi connectivity index (χ0v) is 8.29. The van der Waals surface area contributed by atoms with Gasteiger partial charge < -0.3 is 10.0 Å². The lowest BCUT2D eigenvalue weighted by Crippen LogP contribution is -2.28. The molecule has 2 atom stereocenters. The van der Waals surface area contributed by atoms with Gasteiger partial charge in [0.15, 0.2) is 0 Å². The molecule has 2 nitrogen and oxygen atoms in total. The van der Waals surface area contributed by atoms with Gasteiger partial charge in [-0.2, -0.15) is 0 Å². The van der Waals surface area contributed by atoms with Crippen molar-refractivity contribution in [2.45, 2.75) is 39.2 Å². The number of rotatable bonds is 4. The lowest BCUT2D eigenvalue weighted by molar-refractivity contribution is 0.170. The SMILES string of the molecule is CCN(CC)CC1CCC(O)C1. The Morgan fingerprint density at radius 2 is 1.92 bits per heavy atom. The van der Waals surface area contributed by atoms with Gasteiger partial charge in [0.1, 0.15) is 0 Å². The molecule has 1 rings (SSSR count). The van der Waals surface area contributed by atoms with Crippen LogP contribution in [0.2, 0.25) is 0 Å². The zero-order valence-electron chi connectivity index (χ0n) is 8.29. The number of nitrogens with zero attached hydrogens (tertiary/aromatic N) is 1. The van der Waals surface area contributed by atoms with E-state index in [-0.39, 0.29) is 6.10 Å². The van der Waals surface area contributed by atoms with Crippen LogP contribution in [0.25, 0.3) is 0 Å². The van der Waals surface area contributed by atoms with Crippen molar-refractivity contribution < 1.29 is 5.11 Å². The fourth-order valence-electron chi connectivity index (χ4n) is 2.06. The predicted octanol–water partition coefficient (Wildman–Crippen LogP) is 1.49. The molecule has 1 saturated carbocycles. The summed E-state index contributed by atoms with van der Waals surface area (Å²) in [4.78, 5) is 2.45. The second-order valence-electron chi connectivity index (χ2n) is 3.82. The highest BCUT2D eigenvalue weighted by Gasteiger charge is 2.23. The van der Waals surface area contributed by atoms with Gasteiger partial charge in [-0.05, 0) is 38.3 Å². The molecule has 1 N–H and O–H groups in total. The average molecular weight is 171 g/mol. The van der Waals surface area contributed by atoms with E-state index in [0.29, 0.717) is 0 Å². The Hall–Kier alpha value is -0.0800. The van der Waals surface area contributed by atoms with Crippen LogP contribution >= 0.6 is 0 Å². The molecule has 2 heteroatoms. The molecule has 0 aliphatic heterocycles. The highest BCUT2D eigenvalue weighted by molar-refractivity contribution is 4.76. The number of aliphatic hydroxyl groups is 1. The maximum absolute atomic E-state index is 9.34. The summed E-state index contributed by atoms with van der Waals surface area (Å²) in [5, 5.41) is 9.34. The first-order chi connectivity index (χ1) is 5.76. The summed E-state index contributed by atoms with van der Waals surface area (Å²) in [7, 11) is 0. The molecule has 0 heterocycles. The third-order valence-electron chi connectivity index (χ3n) is 2.92. The summed E-state index contributed by atoms with van der Waals surface area (Å²) >= 11 is 0. The Kier molecular flexibility index (Phi) is 4.02. The largest absolute Gasteiger partial charge is 0.393 e. The van der Waals surface area contributed by atoms with E-state index in [4.69, 9.17) is 0 Å². The third-order valence-corrected chi connectivity index (χ3v) is 2.92. The molecule has 12 heavy (non-hydrogen) atoms. The van der Waals surface area contributed by atoms with Gasteiger partial charge in [-0.1, -0.05) is 13.8 Å². The average Bonchev–Trinajstić information content (AvgIpc) is 2.47. The molecule has 0 amide bonds. The monoisotopic (exact) mass is 171 g/mol. The van der Waals surface area contributed by atoms with Gasteiger partial charge in [0.05, 0.1) is 6.10 Å². The standard InChI is InChI=1S/C10H21NO/c1-3-11(4-2)8-9-5-6-10(12)7-9/h9-10,12H,3-8H2,1-2H3. The molecule has 72 valence electrons. The van der Waals surface area contributed by atoms with E-state index in [0.717, 1.165) is 31.8 Å². The van der Waals surface area contributed by atoms with E-state index in [2.05, 4.69) is 18.7 Å². The van der Waals surface area contributed by atoms with Gasteiger partial charge in [-0.3, -0.25) is 0 Å². The summed E-state index contributed by atoms with van der Waals surface area (Å²) in [6, 6.07) is 0. The first-order valence-corrected chi connectivity index (χ1v) is 5.16.